The number of aromatic nitrogens is 2. The van der Waals surface area contributed by atoms with Crippen molar-refractivity contribution in [1.29, 1.82) is 0 Å². The Labute approximate surface area is 178 Å². The first-order valence-electron chi connectivity index (χ1n) is 9.35. The second kappa shape index (κ2) is 8.64. The van der Waals surface area contributed by atoms with E-state index in [9.17, 15) is 13.2 Å². The highest BCUT2D eigenvalue weighted by molar-refractivity contribution is 7.89. The van der Waals surface area contributed by atoms with Crippen LogP contribution in [0.1, 0.15) is 0 Å². The van der Waals surface area contributed by atoms with Crippen LogP contribution in [-0.2, 0) is 14.8 Å². The summed E-state index contributed by atoms with van der Waals surface area (Å²) < 4.78 is 41.0. The molecule has 3 aromatic rings. The van der Waals surface area contributed by atoms with Crippen molar-refractivity contribution < 1.29 is 17.9 Å². The molecule has 158 valence electrons. The van der Waals surface area contributed by atoms with Crippen LogP contribution in [0.3, 0.4) is 0 Å². The van der Waals surface area contributed by atoms with Gasteiger partial charge in [0, 0.05) is 31.9 Å². The first-order valence-corrected chi connectivity index (χ1v) is 11.5. The summed E-state index contributed by atoms with van der Waals surface area (Å²) in [5, 5.41) is 2.84. The molecule has 0 bridgehead atoms. The van der Waals surface area contributed by atoms with Crippen molar-refractivity contribution in [2.45, 2.75) is 4.90 Å². The largest absolute Gasteiger partial charge is 0.497 e. The van der Waals surface area contributed by atoms with Crippen molar-refractivity contribution in [3.05, 3.63) is 42.5 Å². The predicted molar refractivity (Wildman–Crippen MR) is 114 cm³/mol. The molecular formula is C19H21N5O4S2. The summed E-state index contributed by atoms with van der Waals surface area (Å²) in [5.74, 6) is 0.573. The summed E-state index contributed by atoms with van der Waals surface area (Å²) in [6.07, 6.45) is 0. The number of carbonyl (C=O) groups is 1. The van der Waals surface area contributed by atoms with Gasteiger partial charge in [-0.25, -0.2) is 8.42 Å². The predicted octanol–water partition coefficient (Wildman–Crippen LogP) is 1.64. The smallest absolute Gasteiger partial charge is 0.245 e. The zero-order valence-electron chi connectivity index (χ0n) is 16.3. The third-order valence-corrected chi connectivity index (χ3v) is 7.41. The molecule has 1 aliphatic rings. The summed E-state index contributed by atoms with van der Waals surface area (Å²) in [6, 6.07) is 12.1. The highest BCUT2D eigenvalue weighted by atomic mass is 32.2. The van der Waals surface area contributed by atoms with E-state index in [2.05, 4.69) is 14.1 Å². The van der Waals surface area contributed by atoms with E-state index in [0.29, 0.717) is 42.9 Å². The van der Waals surface area contributed by atoms with Crippen LogP contribution in [0.4, 0.5) is 5.69 Å². The highest BCUT2D eigenvalue weighted by Gasteiger charge is 2.31. The molecule has 1 N–H and O–H groups in total. The zero-order chi connectivity index (χ0) is 21.1. The number of fused-ring (bicyclic) bond motifs is 1. The molecule has 0 saturated carbocycles. The van der Waals surface area contributed by atoms with Crippen molar-refractivity contribution in [1.82, 2.24) is 18.0 Å². The lowest BCUT2D eigenvalue weighted by Gasteiger charge is -2.33. The van der Waals surface area contributed by atoms with Crippen LogP contribution in [0.5, 0.6) is 5.75 Å². The van der Waals surface area contributed by atoms with Crippen LogP contribution in [0.25, 0.3) is 11.0 Å². The Kier molecular flexibility index (Phi) is 5.95. The Morgan fingerprint density at radius 3 is 2.53 bits per heavy atom. The van der Waals surface area contributed by atoms with Gasteiger partial charge in [0.05, 0.1) is 25.4 Å². The van der Waals surface area contributed by atoms with Gasteiger partial charge in [-0.15, -0.1) is 0 Å². The van der Waals surface area contributed by atoms with Crippen LogP contribution in [-0.4, -0.2) is 72.1 Å². The molecule has 0 radical (unpaired) electrons. The second-order valence-electron chi connectivity index (χ2n) is 6.85. The van der Waals surface area contributed by atoms with E-state index in [0.717, 1.165) is 17.5 Å². The van der Waals surface area contributed by atoms with Gasteiger partial charge < -0.3 is 10.1 Å². The molecule has 0 unspecified atom stereocenters. The summed E-state index contributed by atoms with van der Waals surface area (Å²) >= 11 is 0.997. The summed E-state index contributed by atoms with van der Waals surface area (Å²) in [7, 11) is -2.08. The molecule has 30 heavy (non-hydrogen) atoms. The van der Waals surface area contributed by atoms with E-state index in [1.807, 2.05) is 4.90 Å². The van der Waals surface area contributed by atoms with Gasteiger partial charge in [-0.1, -0.05) is 6.07 Å². The average molecular weight is 448 g/mol. The Balaban J connectivity index is 1.35. The summed E-state index contributed by atoms with van der Waals surface area (Å²) in [5.41, 5.74) is 1.67. The number of methoxy groups -OCH3 is 1. The van der Waals surface area contributed by atoms with Crippen molar-refractivity contribution in [3.63, 3.8) is 0 Å². The van der Waals surface area contributed by atoms with Gasteiger partial charge in [-0.2, -0.15) is 13.1 Å². The van der Waals surface area contributed by atoms with Crippen LogP contribution in [0, 0.1) is 0 Å². The fourth-order valence-corrected chi connectivity index (χ4v) is 5.51. The van der Waals surface area contributed by atoms with E-state index in [1.54, 1.807) is 49.6 Å². The van der Waals surface area contributed by atoms with Gasteiger partial charge in [0.1, 0.15) is 21.7 Å². The number of sulfonamides is 1. The Bertz CT molecular complexity index is 1140. The first kappa shape index (κ1) is 20.7. The number of nitrogens with one attached hydrogen (secondary N) is 1. The van der Waals surface area contributed by atoms with Crippen molar-refractivity contribution >= 4 is 44.4 Å². The maximum Gasteiger partial charge on any atom is 0.245 e. The van der Waals surface area contributed by atoms with Crippen LogP contribution in [0.15, 0.2) is 47.4 Å². The van der Waals surface area contributed by atoms with Gasteiger partial charge in [0.2, 0.25) is 15.9 Å². The third kappa shape index (κ3) is 4.29. The number of nitrogens with zero attached hydrogens (tertiary/aromatic N) is 4. The van der Waals surface area contributed by atoms with Crippen LogP contribution >= 0.6 is 11.7 Å². The van der Waals surface area contributed by atoms with Gasteiger partial charge in [0.25, 0.3) is 0 Å². The molecule has 0 aliphatic carbocycles. The number of hydrogen-bond acceptors (Lipinski definition) is 8. The number of ether oxygens (including phenoxy) is 1. The van der Waals surface area contributed by atoms with Crippen molar-refractivity contribution in [3.8, 4) is 5.75 Å². The zero-order valence-corrected chi connectivity index (χ0v) is 17.9. The number of amides is 1. The van der Waals surface area contributed by atoms with E-state index in [-0.39, 0.29) is 17.3 Å². The number of rotatable bonds is 6. The highest BCUT2D eigenvalue weighted by Crippen LogP contribution is 2.25. The molecule has 0 atom stereocenters. The minimum Gasteiger partial charge on any atom is -0.497 e. The molecule has 1 fully saturated rings. The summed E-state index contributed by atoms with van der Waals surface area (Å²) in [4.78, 5) is 14.4. The topological polar surface area (TPSA) is 105 Å². The molecule has 2 heterocycles. The molecule has 11 heteroatoms. The first-order chi connectivity index (χ1) is 14.5. The van der Waals surface area contributed by atoms with Gasteiger partial charge in [-0.05, 0) is 36.4 Å². The molecule has 4 rings (SSSR count). The second-order valence-corrected chi connectivity index (χ2v) is 9.28. The van der Waals surface area contributed by atoms with E-state index >= 15 is 0 Å². The fraction of sp³-hybridized carbons (Fsp3) is 0.316. The van der Waals surface area contributed by atoms with E-state index in [4.69, 9.17) is 4.74 Å². The maximum atomic E-state index is 13.1. The normalized spacial score (nSPS) is 15.9. The molecule has 1 amide bonds. The maximum absolute atomic E-state index is 13.1. The number of benzene rings is 2. The Hall–Kier alpha value is -2.60. The van der Waals surface area contributed by atoms with Crippen LogP contribution < -0.4 is 10.1 Å². The van der Waals surface area contributed by atoms with Crippen molar-refractivity contribution in [2.24, 2.45) is 0 Å². The number of piperazine rings is 1. The Morgan fingerprint density at radius 1 is 1.10 bits per heavy atom. The van der Waals surface area contributed by atoms with Gasteiger partial charge >= 0.3 is 0 Å². The van der Waals surface area contributed by atoms with Crippen molar-refractivity contribution in [2.75, 3.05) is 45.2 Å². The van der Waals surface area contributed by atoms with Crippen LogP contribution in [0.2, 0.25) is 0 Å². The average Bonchev–Trinajstić information content (AvgIpc) is 3.23. The Morgan fingerprint density at radius 2 is 1.83 bits per heavy atom. The lowest BCUT2D eigenvalue weighted by molar-refractivity contribution is -0.117. The van der Waals surface area contributed by atoms with Gasteiger partial charge in [-0.3, -0.25) is 9.69 Å². The fourth-order valence-electron chi connectivity index (χ4n) is 3.33. The number of carbonyl (C=O) groups excluding carboxylic acids is 1. The molecule has 9 nitrogen and oxygen atoms in total. The lowest BCUT2D eigenvalue weighted by atomic mass is 10.3. The quantitative estimate of drug-likeness (QED) is 0.613. The monoisotopic (exact) mass is 447 g/mol. The van der Waals surface area contributed by atoms with E-state index in [1.165, 1.54) is 4.31 Å². The minimum absolute atomic E-state index is 0.144. The van der Waals surface area contributed by atoms with E-state index < -0.39 is 10.0 Å². The van der Waals surface area contributed by atoms with Gasteiger partial charge in [0.15, 0.2) is 0 Å². The molecule has 0 spiro atoms. The molecule has 1 saturated heterocycles. The minimum atomic E-state index is -3.67. The SMILES string of the molecule is COc1ccc(NC(=O)CN2CCN(S(=O)(=O)c3cccc4nsnc34)CC2)cc1. The number of anilines is 1. The molecule has 1 aromatic heterocycles. The lowest BCUT2D eigenvalue weighted by Crippen LogP contribution is -2.50. The molecular weight excluding hydrogens is 426 g/mol. The standard InChI is InChI=1S/C19H21N5O4S2/c1-28-15-7-5-14(6-8-15)20-18(25)13-23-9-11-24(12-10-23)30(26,27)17-4-2-3-16-19(17)22-29-21-16/h2-8H,9-13H2,1H3,(H,20,25). The number of hydrogen-bond donors (Lipinski definition) is 1. The summed E-state index contributed by atoms with van der Waals surface area (Å²) in [6.45, 7) is 1.77. The molecule has 1 aliphatic heterocycles. The molecule has 2 aromatic carbocycles. The third-order valence-electron chi connectivity index (χ3n) is 4.94.